The van der Waals surface area contributed by atoms with Crippen LogP contribution in [0.25, 0.3) is 0 Å². The highest BCUT2D eigenvalue weighted by Gasteiger charge is 2.22. The average Bonchev–Trinajstić information content (AvgIpc) is 2.82. The number of hydrogen-bond donors (Lipinski definition) is 1. The first-order valence-corrected chi connectivity index (χ1v) is 6.64. The van der Waals surface area contributed by atoms with Crippen LogP contribution >= 0.6 is 0 Å². The molecule has 0 radical (unpaired) electrons. The summed E-state index contributed by atoms with van der Waals surface area (Å²) in [6.45, 7) is 2.02. The molecule has 1 saturated carbocycles. The van der Waals surface area contributed by atoms with Crippen molar-refractivity contribution >= 4 is 0 Å². The standard InChI is InChI=1S/C15H22FN/c1-11-7-8-14(16)13(9-11)15(17-2)10-12-5-3-4-6-12/h7-9,12,15,17H,3-6,10H2,1-2H3. The van der Waals surface area contributed by atoms with Crippen LogP contribution in [-0.4, -0.2) is 7.05 Å². The minimum Gasteiger partial charge on any atom is -0.313 e. The molecule has 0 aliphatic heterocycles. The Kier molecular flexibility index (Phi) is 4.16. The van der Waals surface area contributed by atoms with Crippen LogP contribution in [0, 0.1) is 18.7 Å². The number of hydrogen-bond acceptors (Lipinski definition) is 1. The van der Waals surface area contributed by atoms with Gasteiger partial charge in [0, 0.05) is 11.6 Å². The van der Waals surface area contributed by atoms with Gasteiger partial charge in [0.1, 0.15) is 5.82 Å². The molecule has 1 aromatic carbocycles. The molecular formula is C15H22FN. The molecule has 2 heteroatoms. The van der Waals surface area contributed by atoms with E-state index in [1.807, 2.05) is 26.1 Å². The van der Waals surface area contributed by atoms with Crippen molar-refractivity contribution in [1.82, 2.24) is 5.32 Å². The van der Waals surface area contributed by atoms with Gasteiger partial charge in [-0.2, -0.15) is 0 Å². The molecule has 0 aromatic heterocycles. The van der Waals surface area contributed by atoms with Gasteiger partial charge in [0.15, 0.2) is 0 Å². The van der Waals surface area contributed by atoms with Crippen molar-refractivity contribution in [1.29, 1.82) is 0 Å². The average molecular weight is 235 g/mol. The third kappa shape index (κ3) is 3.06. The molecule has 1 aliphatic rings. The maximum absolute atomic E-state index is 13.8. The van der Waals surface area contributed by atoms with Crippen LogP contribution in [0.3, 0.4) is 0 Å². The normalized spacial score (nSPS) is 18.5. The van der Waals surface area contributed by atoms with Gasteiger partial charge in [-0.1, -0.05) is 43.4 Å². The summed E-state index contributed by atoms with van der Waals surface area (Å²) in [6.07, 6.45) is 6.38. The molecule has 1 unspecified atom stereocenters. The molecule has 1 fully saturated rings. The van der Waals surface area contributed by atoms with E-state index in [4.69, 9.17) is 0 Å². The van der Waals surface area contributed by atoms with Gasteiger partial charge < -0.3 is 5.32 Å². The minimum absolute atomic E-state index is 0.0760. The SMILES string of the molecule is CNC(CC1CCCC1)c1cc(C)ccc1F. The fourth-order valence-electron chi connectivity index (χ4n) is 2.91. The molecule has 1 atom stereocenters. The number of nitrogens with one attached hydrogen (secondary N) is 1. The van der Waals surface area contributed by atoms with Crippen LogP contribution in [0.15, 0.2) is 18.2 Å². The second-order valence-corrected chi connectivity index (χ2v) is 5.25. The molecule has 0 heterocycles. The molecule has 1 aromatic rings. The summed E-state index contributed by atoms with van der Waals surface area (Å²) in [5.74, 6) is 0.695. The van der Waals surface area contributed by atoms with Crippen LogP contribution in [0.4, 0.5) is 4.39 Å². The first-order chi connectivity index (χ1) is 8.20. The third-order valence-electron chi connectivity index (χ3n) is 3.92. The highest BCUT2D eigenvalue weighted by atomic mass is 19.1. The van der Waals surface area contributed by atoms with Crippen molar-refractivity contribution in [2.24, 2.45) is 5.92 Å². The smallest absolute Gasteiger partial charge is 0.127 e. The summed E-state index contributed by atoms with van der Waals surface area (Å²) in [5.41, 5.74) is 1.97. The van der Waals surface area contributed by atoms with Gasteiger partial charge in [0.25, 0.3) is 0 Å². The Labute approximate surface area is 103 Å². The maximum Gasteiger partial charge on any atom is 0.127 e. The monoisotopic (exact) mass is 235 g/mol. The van der Waals surface area contributed by atoms with Gasteiger partial charge in [-0.3, -0.25) is 0 Å². The summed E-state index contributed by atoms with van der Waals surface area (Å²) in [7, 11) is 1.93. The van der Waals surface area contributed by atoms with Gasteiger partial charge in [-0.25, -0.2) is 4.39 Å². The van der Waals surface area contributed by atoms with E-state index in [-0.39, 0.29) is 11.9 Å². The Morgan fingerprint density at radius 3 is 2.71 bits per heavy atom. The lowest BCUT2D eigenvalue weighted by Crippen LogP contribution is -2.20. The Morgan fingerprint density at radius 1 is 1.35 bits per heavy atom. The van der Waals surface area contributed by atoms with Crippen LogP contribution < -0.4 is 5.32 Å². The lowest BCUT2D eigenvalue weighted by Gasteiger charge is -2.21. The van der Waals surface area contributed by atoms with E-state index in [1.165, 1.54) is 25.7 Å². The molecule has 1 aliphatic carbocycles. The third-order valence-corrected chi connectivity index (χ3v) is 3.92. The summed E-state index contributed by atoms with van der Waals surface area (Å²) < 4.78 is 13.8. The van der Waals surface area contributed by atoms with E-state index in [0.29, 0.717) is 0 Å². The van der Waals surface area contributed by atoms with Crippen molar-refractivity contribution in [3.05, 3.63) is 35.1 Å². The molecule has 2 rings (SSSR count). The van der Waals surface area contributed by atoms with E-state index in [9.17, 15) is 4.39 Å². The highest BCUT2D eigenvalue weighted by molar-refractivity contribution is 5.27. The molecule has 17 heavy (non-hydrogen) atoms. The van der Waals surface area contributed by atoms with Crippen LogP contribution in [0.5, 0.6) is 0 Å². The molecule has 0 spiro atoms. The molecule has 0 saturated heterocycles. The number of benzene rings is 1. The predicted octanol–water partition coefficient (Wildman–Crippen LogP) is 3.97. The number of halogens is 1. The van der Waals surface area contributed by atoms with Crippen molar-refractivity contribution in [2.75, 3.05) is 7.05 Å². The summed E-state index contributed by atoms with van der Waals surface area (Å²) in [5, 5.41) is 3.27. The van der Waals surface area contributed by atoms with E-state index in [1.54, 1.807) is 6.07 Å². The molecule has 94 valence electrons. The number of rotatable bonds is 4. The van der Waals surface area contributed by atoms with Crippen LogP contribution in [-0.2, 0) is 0 Å². The van der Waals surface area contributed by atoms with E-state index in [2.05, 4.69) is 5.32 Å². The van der Waals surface area contributed by atoms with E-state index < -0.39 is 0 Å². The maximum atomic E-state index is 13.8. The Balaban J connectivity index is 2.13. The summed E-state index contributed by atoms with van der Waals surface area (Å²) in [4.78, 5) is 0. The lowest BCUT2D eigenvalue weighted by atomic mass is 9.92. The second kappa shape index (κ2) is 5.63. The molecular weight excluding hydrogens is 213 g/mol. The van der Waals surface area contributed by atoms with Crippen molar-refractivity contribution < 1.29 is 4.39 Å². The predicted molar refractivity (Wildman–Crippen MR) is 69.5 cm³/mol. The Morgan fingerprint density at radius 2 is 2.06 bits per heavy atom. The first kappa shape index (κ1) is 12.6. The summed E-state index contributed by atoms with van der Waals surface area (Å²) in [6, 6.07) is 5.56. The molecule has 0 amide bonds. The zero-order valence-corrected chi connectivity index (χ0v) is 10.8. The molecule has 1 N–H and O–H groups in total. The summed E-state index contributed by atoms with van der Waals surface area (Å²) >= 11 is 0. The Hall–Kier alpha value is -0.890. The first-order valence-electron chi connectivity index (χ1n) is 6.64. The van der Waals surface area contributed by atoms with E-state index in [0.717, 1.165) is 23.5 Å². The van der Waals surface area contributed by atoms with Gasteiger partial charge in [-0.05, 0) is 32.4 Å². The number of aryl methyl sites for hydroxylation is 1. The van der Waals surface area contributed by atoms with Gasteiger partial charge >= 0.3 is 0 Å². The molecule has 1 nitrogen and oxygen atoms in total. The highest BCUT2D eigenvalue weighted by Crippen LogP contribution is 2.33. The van der Waals surface area contributed by atoms with Crippen molar-refractivity contribution in [3.8, 4) is 0 Å². The Bertz CT molecular complexity index is 369. The zero-order chi connectivity index (χ0) is 12.3. The van der Waals surface area contributed by atoms with Gasteiger partial charge in [-0.15, -0.1) is 0 Å². The van der Waals surface area contributed by atoms with Crippen LogP contribution in [0.2, 0.25) is 0 Å². The van der Waals surface area contributed by atoms with Gasteiger partial charge in [0.2, 0.25) is 0 Å². The van der Waals surface area contributed by atoms with Crippen LogP contribution in [0.1, 0.15) is 49.3 Å². The largest absolute Gasteiger partial charge is 0.313 e. The topological polar surface area (TPSA) is 12.0 Å². The fraction of sp³-hybridized carbons (Fsp3) is 0.600. The van der Waals surface area contributed by atoms with E-state index >= 15 is 0 Å². The second-order valence-electron chi connectivity index (χ2n) is 5.25. The molecule has 0 bridgehead atoms. The van der Waals surface area contributed by atoms with Crippen molar-refractivity contribution in [2.45, 2.75) is 45.1 Å². The fourth-order valence-corrected chi connectivity index (χ4v) is 2.91. The van der Waals surface area contributed by atoms with Gasteiger partial charge in [0.05, 0.1) is 0 Å². The quantitative estimate of drug-likeness (QED) is 0.832. The minimum atomic E-state index is -0.0760. The van der Waals surface area contributed by atoms with Crippen molar-refractivity contribution in [3.63, 3.8) is 0 Å². The lowest BCUT2D eigenvalue weighted by molar-refractivity contribution is 0.403. The zero-order valence-electron chi connectivity index (χ0n) is 10.8.